The van der Waals surface area contributed by atoms with Gasteiger partial charge in [-0.25, -0.2) is 9.59 Å². The number of likely N-dealkylation sites (tertiary alicyclic amines) is 1. The summed E-state index contributed by atoms with van der Waals surface area (Å²) in [6.45, 7) is 8.46. The van der Waals surface area contributed by atoms with Gasteiger partial charge in [0.25, 0.3) is 11.8 Å². The van der Waals surface area contributed by atoms with Crippen LogP contribution in [-0.2, 0) is 0 Å². The predicted molar refractivity (Wildman–Crippen MR) is 149 cm³/mol. The molecule has 2 aliphatic rings. The Labute approximate surface area is 233 Å². The van der Waals surface area contributed by atoms with Crippen molar-refractivity contribution in [2.24, 2.45) is 0 Å². The van der Waals surface area contributed by atoms with Crippen LogP contribution in [0, 0.1) is 0 Å². The first kappa shape index (κ1) is 27.3. The Hall–Kier alpha value is -4.30. The Kier molecular flexibility index (Phi) is 6.84. The number of ether oxygens (including phenoxy) is 2. The summed E-state index contributed by atoms with van der Waals surface area (Å²) < 4.78 is 10.9. The van der Waals surface area contributed by atoms with E-state index in [4.69, 9.17) is 9.47 Å². The zero-order valence-corrected chi connectivity index (χ0v) is 23.3. The molecule has 2 aliphatic heterocycles. The van der Waals surface area contributed by atoms with Gasteiger partial charge in [-0.1, -0.05) is 24.3 Å². The molecular weight excluding hydrogens is 508 g/mol. The summed E-state index contributed by atoms with van der Waals surface area (Å²) in [6, 6.07) is 18.9. The van der Waals surface area contributed by atoms with Crippen LogP contribution in [0.25, 0.3) is 0 Å². The minimum Gasteiger partial charge on any atom is -0.423 e. The summed E-state index contributed by atoms with van der Waals surface area (Å²) in [4.78, 5) is 55.9. The number of imide groups is 1. The van der Waals surface area contributed by atoms with E-state index in [1.807, 2.05) is 0 Å². The number of rotatable bonds is 5. The molecule has 8 nitrogen and oxygen atoms in total. The lowest BCUT2D eigenvalue weighted by molar-refractivity contribution is -0.0363. The molecule has 0 N–H and O–H groups in total. The van der Waals surface area contributed by atoms with Crippen molar-refractivity contribution in [2.45, 2.75) is 57.7 Å². The molecule has 0 atom stereocenters. The molecule has 8 heteroatoms. The van der Waals surface area contributed by atoms with Crippen LogP contribution in [0.1, 0.15) is 82.0 Å². The molecule has 0 unspecified atom stereocenters. The zero-order valence-electron chi connectivity index (χ0n) is 23.3. The lowest BCUT2D eigenvalue weighted by atomic mass is 9.77. The van der Waals surface area contributed by atoms with Crippen LogP contribution in [0.4, 0.5) is 0 Å². The predicted octanol–water partition coefficient (Wildman–Crippen LogP) is 5.37. The third kappa shape index (κ3) is 5.02. The van der Waals surface area contributed by atoms with Gasteiger partial charge in [-0.15, -0.1) is 0 Å². The SMILES string of the molecule is CN1C(C)(C)CC(N2C(=O)c3ccc(C(=O)Oc4cccc(OC(=O)c5ccccc5)c4)cc3C2=O)CC1(C)C. The summed E-state index contributed by atoms with van der Waals surface area (Å²) in [6.07, 6.45) is 1.30. The van der Waals surface area contributed by atoms with Crippen molar-refractivity contribution in [3.63, 3.8) is 0 Å². The summed E-state index contributed by atoms with van der Waals surface area (Å²) in [5.41, 5.74) is 0.591. The average molecular weight is 541 g/mol. The van der Waals surface area contributed by atoms with Crippen molar-refractivity contribution in [1.29, 1.82) is 0 Å². The molecule has 0 radical (unpaired) electrons. The number of nitrogens with zero attached hydrogens (tertiary/aromatic N) is 2. The monoisotopic (exact) mass is 540 g/mol. The highest BCUT2D eigenvalue weighted by Crippen LogP contribution is 2.41. The number of amides is 2. The number of esters is 2. The van der Waals surface area contributed by atoms with E-state index in [0.717, 1.165) is 0 Å². The van der Waals surface area contributed by atoms with Crippen molar-refractivity contribution in [1.82, 2.24) is 9.80 Å². The standard InChI is InChI=1S/C32H32N2O6/c1-31(2)18-22(19-32(3,4)33(31)5)34-27(35)25-15-14-21(16-26(25)28(34)36)30(38)40-24-13-9-12-23(17-24)39-29(37)20-10-7-6-8-11-20/h6-17,22H,18-19H2,1-5H3. The van der Waals surface area contributed by atoms with Crippen LogP contribution in [0.2, 0.25) is 0 Å². The summed E-state index contributed by atoms with van der Waals surface area (Å²) in [5, 5.41) is 0. The molecular formula is C32H32N2O6. The molecule has 5 rings (SSSR count). The molecule has 2 amide bonds. The number of piperidine rings is 1. The van der Waals surface area contributed by atoms with Gasteiger partial charge in [0.2, 0.25) is 0 Å². The number of hydrogen-bond acceptors (Lipinski definition) is 7. The fourth-order valence-electron chi connectivity index (χ4n) is 5.73. The molecule has 3 aromatic carbocycles. The van der Waals surface area contributed by atoms with Gasteiger partial charge in [0.1, 0.15) is 11.5 Å². The van der Waals surface area contributed by atoms with Crippen LogP contribution in [-0.4, -0.2) is 57.7 Å². The minimum atomic E-state index is -0.699. The molecule has 2 heterocycles. The van der Waals surface area contributed by atoms with E-state index in [1.54, 1.807) is 48.5 Å². The Balaban J connectivity index is 1.32. The molecule has 0 bridgehead atoms. The zero-order chi connectivity index (χ0) is 28.8. The Morgan fingerprint density at radius 2 is 1.25 bits per heavy atom. The van der Waals surface area contributed by atoms with Gasteiger partial charge in [-0.05, 0) is 90.0 Å². The maximum atomic E-state index is 13.5. The van der Waals surface area contributed by atoms with Crippen LogP contribution in [0.3, 0.4) is 0 Å². The van der Waals surface area contributed by atoms with Crippen molar-refractivity contribution in [2.75, 3.05) is 7.05 Å². The topological polar surface area (TPSA) is 93.2 Å². The second-order valence-corrected chi connectivity index (χ2v) is 11.6. The fraction of sp³-hybridized carbons (Fsp3) is 0.312. The smallest absolute Gasteiger partial charge is 0.343 e. The van der Waals surface area contributed by atoms with Gasteiger partial charge in [-0.2, -0.15) is 0 Å². The molecule has 1 saturated heterocycles. The van der Waals surface area contributed by atoms with E-state index in [1.165, 1.54) is 29.2 Å². The summed E-state index contributed by atoms with van der Waals surface area (Å²) in [5.74, 6) is -1.58. The first-order chi connectivity index (χ1) is 18.9. The Bertz CT molecular complexity index is 1490. The summed E-state index contributed by atoms with van der Waals surface area (Å²) >= 11 is 0. The normalized spacial score (nSPS) is 18.4. The molecule has 0 aromatic heterocycles. The van der Waals surface area contributed by atoms with E-state index in [2.05, 4.69) is 39.6 Å². The van der Waals surface area contributed by atoms with Crippen LogP contribution in [0.5, 0.6) is 11.5 Å². The third-order valence-corrected chi connectivity index (χ3v) is 8.04. The molecule has 206 valence electrons. The van der Waals surface area contributed by atoms with Crippen molar-refractivity contribution >= 4 is 23.8 Å². The first-order valence-corrected chi connectivity index (χ1v) is 13.2. The Morgan fingerprint density at radius 3 is 1.85 bits per heavy atom. The van der Waals surface area contributed by atoms with E-state index in [0.29, 0.717) is 18.4 Å². The number of hydrogen-bond donors (Lipinski definition) is 0. The number of carbonyl (C=O) groups excluding carboxylic acids is 4. The largest absolute Gasteiger partial charge is 0.423 e. The number of carbonyl (C=O) groups is 4. The maximum absolute atomic E-state index is 13.5. The van der Waals surface area contributed by atoms with Gasteiger partial charge in [0.15, 0.2) is 0 Å². The maximum Gasteiger partial charge on any atom is 0.343 e. The van der Waals surface area contributed by atoms with E-state index >= 15 is 0 Å². The minimum absolute atomic E-state index is 0.137. The summed E-state index contributed by atoms with van der Waals surface area (Å²) in [7, 11) is 2.07. The highest BCUT2D eigenvalue weighted by Gasteiger charge is 2.49. The van der Waals surface area contributed by atoms with Crippen molar-refractivity contribution < 1.29 is 28.7 Å². The average Bonchev–Trinajstić information content (AvgIpc) is 3.16. The lowest BCUT2D eigenvalue weighted by Crippen LogP contribution is -2.63. The number of fused-ring (bicyclic) bond motifs is 1. The van der Waals surface area contributed by atoms with Gasteiger partial charge in [-0.3, -0.25) is 19.4 Å². The van der Waals surface area contributed by atoms with Crippen molar-refractivity contribution in [3.05, 3.63) is 95.1 Å². The Morgan fingerprint density at radius 1 is 0.700 bits per heavy atom. The second-order valence-electron chi connectivity index (χ2n) is 11.6. The molecule has 0 saturated carbocycles. The van der Waals surface area contributed by atoms with E-state index < -0.39 is 17.8 Å². The van der Waals surface area contributed by atoms with Gasteiger partial charge in [0, 0.05) is 23.2 Å². The first-order valence-electron chi connectivity index (χ1n) is 13.2. The van der Waals surface area contributed by atoms with E-state index in [-0.39, 0.29) is 51.2 Å². The number of benzene rings is 3. The van der Waals surface area contributed by atoms with Crippen LogP contribution in [0.15, 0.2) is 72.8 Å². The lowest BCUT2D eigenvalue weighted by Gasteiger charge is -2.54. The van der Waals surface area contributed by atoms with Crippen LogP contribution >= 0.6 is 0 Å². The van der Waals surface area contributed by atoms with Gasteiger partial charge >= 0.3 is 11.9 Å². The van der Waals surface area contributed by atoms with Crippen molar-refractivity contribution in [3.8, 4) is 11.5 Å². The highest BCUT2D eigenvalue weighted by atomic mass is 16.5. The molecule has 40 heavy (non-hydrogen) atoms. The van der Waals surface area contributed by atoms with Gasteiger partial charge < -0.3 is 9.47 Å². The fourth-order valence-corrected chi connectivity index (χ4v) is 5.73. The molecule has 3 aromatic rings. The second kappa shape index (κ2) is 10.0. The van der Waals surface area contributed by atoms with E-state index in [9.17, 15) is 19.2 Å². The highest BCUT2D eigenvalue weighted by molar-refractivity contribution is 6.22. The molecule has 0 aliphatic carbocycles. The quantitative estimate of drug-likeness (QED) is 0.244. The molecule has 0 spiro atoms. The third-order valence-electron chi connectivity index (χ3n) is 8.04. The van der Waals surface area contributed by atoms with Crippen LogP contribution < -0.4 is 9.47 Å². The van der Waals surface area contributed by atoms with Gasteiger partial charge in [0.05, 0.1) is 22.3 Å². The molecule has 1 fully saturated rings.